The van der Waals surface area contributed by atoms with E-state index in [4.69, 9.17) is 13.9 Å². The molecule has 0 saturated heterocycles. The fraction of sp³-hybridized carbons (Fsp3) is 0.429. The molecular weight excluding hydrogens is 360 g/mol. The van der Waals surface area contributed by atoms with Crippen molar-refractivity contribution in [1.82, 2.24) is 10.2 Å². The van der Waals surface area contributed by atoms with Gasteiger partial charge in [0, 0.05) is 20.2 Å². The molecule has 1 aromatic heterocycles. The van der Waals surface area contributed by atoms with Crippen LogP contribution in [0.25, 0.3) is 0 Å². The Morgan fingerprint density at radius 1 is 1.18 bits per heavy atom. The number of hydrogen-bond donors (Lipinski definition) is 1. The Bertz CT molecular complexity index is 757. The summed E-state index contributed by atoms with van der Waals surface area (Å²) in [6, 6.07) is 11.6. The molecule has 0 atom stereocenters. The summed E-state index contributed by atoms with van der Waals surface area (Å²) in [5.41, 5.74) is 1.62. The van der Waals surface area contributed by atoms with Crippen molar-refractivity contribution in [2.45, 2.75) is 26.3 Å². The van der Waals surface area contributed by atoms with Crippen molar-refractivity contribution >= 4 is 12.0 Å². The third kappa shape index (κ3) is 6.74. The molecule has 7 heteroatoms. The lowest BCUT2D eigenvalue weighted by molar-refractivity contribution is 0.0598. The van der Waals surface area contributed by atoms with Crippen molar-refractivity contribution in [3.63, 3.8) is 0 Å². The van der Waals surface area contributed by atoms with Gasteiger partial charge in [-0.25, -0.2) is 9.59 Å². The fourth-order valence-electron chi connectivity index (χ4n) is 2.68. The minimum atomic E-state index is -0.452. The normalized spacial score (nSPS) is 10.5. The minimum absolute atomic E-state index is 0.210. The fourth-order valence-corrected chi connectivity index (χ4v) is 2.68. The molecule has 0 unspecified atom stereocenters. The monoisotopic (exact) mass is 388 g/mol. The summed E-state index contributed by atoms with van der Waals surface area (Å²) < 4.78 is 15.8. The maximum absolute atomic E-state index is 12.1. The molecule has 2 amide bonds. The van der Waals surface area contributed by atoms with Crippen molar-refractivity contribution in [3.05, 3.63) is 59.0 Å². The smallest absolute Gasteiger partial charge is 0.341 e. The predicted molar refractivity (Wildman–Crippen MR) is 105 cm³/mol. The van der Waals surface area contributed by atoms with Gasteiger partial charge in [0.1, 0.15) is 17.1 Å². The lowest BCUT2D eigenvalue weighted by atomic mass is 10.2. The van der Waals surface area contributed by atoms with Crippen molar-refractivity contribution in [2.75, 3.05) is 33.9 Å². The van der Waals surface area contributed by atoms with Gasteiger partial charge in [-0.15, -0.1) is 0 Å². The van der Waals surface area contributed by atoms with Crippen LogP contribution in [0.4, 0.5) is 4.79 Å². The Morgan fingerprint density at radius 2 is 1.93 bits per heavy atom. The van der Waals surface area contributed by atoms with Crippen LogP contribution in [0.5, 0.6) is 0 Å². The van der Waals surface area contributed by atoms with Gasteiger partial charge < -0.3 is 24.1 Å². The number of esters is 1. The zero-order valence-corrected chi connectivity index (χ0v) is 16.7. The van der Waals surface area contributed by atoms with Crippen LogP contribution in [-0.4, -0.2) is 50.8 Å². The minimum Gasteiger partial charge on any atom is -0.465 e. The summed E-state index contributed by atoms with van der Waals surface area (Å²) in [6.45, 7) is 3.74. The van der Waals surface area contributed by atoms with Crippen LogP contribution in [0.3, 0.4) is 0 Å². The molecule has 0 aliphatic heterocycles. The van der Waals surface area contributed by atoms with E-state index in [-0.39, 0.29) is 12.6 Å². The van der Waals surface area contributed by atoms with E-state index in [1.165, 1.54) is 17.6 Å². The highest BCUT2D eigenvalue weighted by Gasteiger charge is 2.17. The van der Waals surface area contributed by atoms with Crippen LogP contribution >= 0.6 is 0 Å². The highest BCUT2D eigenvalue weighted by atomic mass is 16.5. The lowest BCUT2D eigenvalue weighted by Crippen LogP contribution is -2.37. The van der Waals surface area contributed by atoms with Crippen molar-refractivity contribution in [3.8, 4) is 0 Å². The second-order valence-corrected chi connectivity index (χ2v) is 6.46. The third-order valence-electron chi connectivity index (χ3n) is 4.23. The Morgan fingerprint density at radius 3 is 2.64 bits per heavy atom. The summed E-state index contributed by atoms with van der Waals surface area (Å²) >= 11 is 0. The van der Waals surface area contributed by atoms with E-state index in [1.807, 2.05) is 18.2 Å². The molecule has 1 N–H and O–H groups in total. The van der Waals surface area contributed by atoms with Crippen molar-refractivity contribution in [2.24, 2.45) is 0 Å². The number of urea groups is 1. The number of nitrogens with one attached hydrogen (secondary N) is 1. The average molecular weight is 388 g/mol. The van der Waals surface area contributed by atoms with Crippen molar-refractivity contribution in [1.29, 1.82) is 0 Å². The summed E-state index contributed by atoms with van der Waals surface area (Å²) in [6.07, 6.45) is 1.62. The maximum Gasteiger partial charge on any atom is 0.341 e. The number of methoxy groups -OCH3 is 1. The number of ether oxygens (including phenoxy) is 2. The van der Waals surface area contributed by atoms with Gasteiger partial charge in [-0.2, -0.15) is 0 Å². The van der Waals surface area contributed by atoms with E-state index in [9.17, 15) is 9.59 Å². The van der Waals surface area contributed by atoms with Crippen LogP contribution in [0.1, 0.15) is 33.9 Å². The van der Waals surface area contributed by atoms with Crippen LogP contribution in [0.2, 0.25) is 0 Å². The molecule has 1 heterocycles. The molecule has 0 radical (unpaired) electrons. The van der Waals surface area contributed by atoms with Gasteiger partial charge in [-0.05, 0) is 31.4 Å². The number of benzene rings is 1. The third-order valence-corrected chi connectivity index (χ3v) is 4.23. The van der Waals surface area contributed by atoms with Gasteiger partial charge >= 0.3 is 12.0 Å². The maximum atomic E-state index is 12.1. The Kier molecular flexibility index (Phi) is 8.55. The van der Waals surface area contributed by atoms with E-state index in [2.05, 4.69) is 17.4 Å². The Balaban J connectivity index is 1.61. The molecule has 0 fully saturated rings. The molecule has 1 aromatic carbocycles. The molecule has 0 aliphatic rings. The molecule has 0 bridgehead atoms. The number of carbonyl (C=O) groups excluding carboxylic acids is 2. The van der Waals surface area contributed by atoms with E-state index >= 15 is 0 Å². The first-order chi connectivity index (χ1) is 13.5. The molecule has 0 aliphatic carbocycles. The van der Waals surface area contributed by atoms with Gasteiger partial charge in [-0.3, -0.25) is 0 Å². The summed E-state index contributed by atoms with van der Waals surface area (Å²) in [7, 11) is 2.99. The molecular formula is C21H28N2O5. The molecule has 0 saturated carbocycles. The average Bonchev–Trinajstić information content (AvgIpc) is 3.07. The van der Waals surface area contributed by atoms with Gasteiger partial charge in [0.25, 0.3) is 0 Å². The Hall–Kier alpha value is -2.80. The molecule has 2 rings (SSSR count). The summed E-state index contributed by atoms with van der Waals surface area (Å²) in [4.78, 5) is 25.2. The summed E-state index contributed by atoms with van der Waals surface area (Å²) in [5.74, 6) is 0.551. The molecule has 152 valence electrons. The number of nitrogens with zero attached hydrogens (tertiary/aromatic N) is 1. The first-order valence-electron chi connectivity index (χ1n) is 9.29. The molecule has 2 aromatic rings. The second kappa shape index (κ2) is 11.1. The van der Waals surface area contributed by atoms with Crippen LogP contribution in [0, 0.1) is 6.92 Å². The zero-order chi connectivity index (χ0) is 20.4. The van der Waals surface area contributed by atoms with E-state index in [0.717, 1.165) is 12.8 Å². The van der Waals surface area contributed by atoms with Crippen molar-refractivity contribution < 1.29 is 23.5 Å². The van der Waals surface area contributed by atoms with Gasteiger partial charge in [0.05, 0.1) is 20.3 Å². The Labute approximate surface area is 165 Å². The topological polar surface area (TPSA) is 81.0 Å². The highest BCUT2D eigenvalue weighted by molar-refractivity contribution is 5.90. The van der Waals surface area contributed by atoms with Crippen LogP contribution < -0.4 is 5.32 Å². The van der Waals surface area contributed by atoms with E-state index in [1.54, 1.807) is 20.0 Å². The number of amides is 2. The largest absolute Gasteiger partial charge is 0.465 e. The second-order valence-electron chi connectivity index (χ2n) is 6.46. The predicted octanol–water partition coefficient (Wildman–Crippen LogP) is 3.17. The van der Waals surface area contributed by atoms with Gasteiger partial charge in [0.15, 0.2) is 0 Å². The number of aryl methyl sites for hydroxylation is 1. The number of rotatable bonds is 10. The number of furan rings is 1. The standard InChI is InChI=1S/C21H28N2O5/c1-16-19(20(24)26-3)14-18(28-16)15-23(2)21(25)22-11-7-12-27-13-10-17-8-5-4-6-9-17/h4-6,8-9,14H,7,10-13,15H2,1-3H3,(H,22,25). The SMILES string of the molecule is COC(=O)c1cc(CN(C)C(=O)NCCCOCCc2ccccc2)oc1C. The first-order valence-corrected chi connectivity index (χ1v) is 9.29. The zero-order valence-electron chi connectivity index (χ0n) is 16.7. The lowest BCUT2D eigenvalue weighted by Gasteiger charge is -2.16. The molecule has 7 nitrogen and oxygen atoms in total. The number of hydrogen-bond acceptors (Lipinski definition) is 5. The van der Waals surface area contributed by atoms with Gasteiger partial charge in [0.2, 0.25) is 0 Å². The van der Waals surface area contributed by atoms with E-state index < -0.39 is 5.97 Å². The van der Waals surface area contributed by atoms with Crippen LogP contribution in [0.15, 0.2) is 40.8 Å². The highest BCUT2D eigenvalue weighted by Crippen LogP contribution is 2.17. The first kappa shape index (κ1) is 21.5. The van der Waals surface area contributed by atoms with Crippen LogP contribution in [-0.2, 0) is 22.4 Å². The molecule has 28 heavy (non-hydrogen) atoms. The summed E-state index contributed by atoms with van der Waals surface area (Å²) in [5, 5.41) is 2.84. The van der Waals surface area contributed by atoms with Gasteiger partial charge in [-0.1, -0.05) is 30.3 Å². The van der Waals surface area contributed by atoms with E-state index in [0.29, 0.717) is 36.8 Å². The quantitative estimate of drug-likeness (QED) is 0.499. The molecule has 0 spiro atoms. The number of carbonyl (C=O) groups is 2.